The maximum Gasteiger partial charge on any atom is 0.258 e. The van der Waals surface area contributed by atoms with Gasteiger partial charge in [-0.25, -0.2) is 0 Å². The van der Waals surface area contributed by atoms with Crippen molar-refractivity contribution in [1.82, 2.24) is 9.78 Å². The van der Waals surface area contributed by atoms with Gasteiger partial charge in [0.1, 0.15) is 0 Å². The lowest BCUT2D eigenvalue weighted by molar-refractivity contribution is 0.102. The highest BCUT2D eigenvalue weighted by molar-refractivity contribution is 6.32. The van der Waals surface area contributed by atoms with Crippen molar-refractivity contribution >= 4 is 23.2 Å². The molecule has 1 aromatic heterocycles. The van der Waals surface area contributed by atoms with Gasteiger partial charge in [-0.15, -0.1) is 0 Å². The Bertz CT molecular complexity index is 674. The molecule has 1 amide bonds. The summed E-state index contributed by atoms with van der Waals surface area (Å²) in [5.74, 6) is 0.224. The Morgan fingerprint density at radius 2 is 2.14 bits per heavy atom. The van der Waals surface area contributed by atoms with E-state index in [1.54, 1.807) is 35.3 Å². The molecule has 118 valence electrons. The SMILES string of the molecule is CCOc1c(Cl)cccc1NC(=O)c1cnn(C(C)(C)C)c1. The molecule has 0 fully saturated rings. The van der Waals surface area contributed by atoms with Crippen LogP contribution in [0.3, 0.4) is 0 Å². The lowest BCUT2D eigenvalue weighted by Gasteiger charge is -2.18. The lowest BCUT2D eigenvalue weighted by Crippen LogP contribution is -2.22. The number of ether oxygens (including phenoxy) is 1. The first-order chi connectivity index (χ1) is 10.3. The van der Waals surface area contributed by atoms with Crippen LogP contribution >= 0.6 is 11.6 Å². The van der Waals surface area contributed by atoms with E-state index in [1.165, 1.54) is 0 Å². The summed E-state index contributed by atoms with van der Waals surface area (Å²) in [6.07, 6.45) is 3.27. The number of benzene rings is 1. The van der Waals surface area contributed by atoms with E-state index >= 15 is 0 Å². The van der Waals surface area contributed by atoms with Crippen LogP contribution in [0.5, 0.6) is 5.75 Å². The number of carbonyl (C=O) groups is 1. The second-order valence-corrected chi connectivity index (χ2v) is 6.26. The van der Waals surface area contributed by atoms with E-state index in [1.807, 2.05) is 27.7 Å². The van der Waals surface area contributed by atoms with Crippen molar-refractivity contribution in [2.45, 2.75) is 33.2 Å². The van der Waals surface area contributed by atoms with Crippen LogP contribution in [0.15, 0.2) is 30.6 Å². The summed E-state index contributed by atoms with van der Waals surface area (Å²) in [5, 5.41) is 7.50. The monoisotopic (exact) mass is 321 g/mol. The number of amides is 1. The molecule has 22 heavy (non-hydrogen) atoms. The van der Waals surface area contributed by atoms with Gasteiger partial charge in [-0.2, -0.15) is 5.10 Å². The first-order valence-corrected chi connectivity index (χ1v) is 7.48. The van der Waals surface area contributed by atoms with Crippen molar-refractivity contribution in [3.63, 3.8) is 0 Å². The average molecular weight is 322 g/mol. The molecule has 1 heterocycles. The minimum atomic E-state index is -0.251. The zero-order chi connectivity index (χ0) is 16.3. The molecule has 0 aliphatic heterocycles. The molecular weight excluding hydrogens is 302 g/mol. The van der Waals surface area contributed by atoms with Crippen molar-refractivity contribution in [3.8, 4) is 5.75 Å². The van der Waals surface area contributed by atoms with Gasteiger partial charge in [-0.3, -0.25) is 9.48 Å². The summed E-state index contributed by atoms with van der Waals surface area (Å²) >= 11 is 6.11. The Morgan fingerprint density at radius 3 is 2.73 bits per heavy atom. The predicted molar refractivity (Wildman–Crippen MR) is 87.8 cm³/mol. The van der Waals surface area contributed by atoms with E-state index in [-0.39, 0.29) is 11.4 Å². The molecule has 1 aromatic carbocycles. The van der Waals surface area contributed by atoms with Gasteiger partial charge in [0.15, 0.2) is 5.75 Å². The van der Waals surface area contributed by atoms with Crippen LogP contribution in [0, 0.1) is 0 Å². The number of aromatic nitrogens is 2. The number of nitrogens with one attached hydrogen (secondary N) is 1. The number of halogens is 1. The quantitative estimate of drug-likeness (QED) is 0.927. The Balaban J connectivity index is 2.22. The van der Waals surface area contributed by atoms with Crippen LogP contribution in [0.25, 0.3) is 0 Å². The largest absolute Gasteiger partial charge is 0.490 e. The number of hydrogen-bond donors (Lipinski definition) is 1. The summed E-state index contributed by atoms with van der Waals surface area (Å²) in [4.78, 5) is 12.4. The molecule has 0 atom stereocenters. The van der Waals surface area contributed by atoms with Crippen LogP contribution in [0.2, 0.25) is 5.02 Å². The van der Waals surface area contributed by atoms with Gasteiger partial charge in [0.05, 0.1) is 34.6 Å². The van der Waals surface area contributed by atoms with Gasteiger partial charge >= 0.3 is 0 Å². The summed E-state index contributed by atoms with van der Waals surface area (Å²) in [7, 11) is 0. The molecule has 2 aromatic rings. The molecule has 0 unspecified atom stereocenters. The molecular formula is C16H20ClN3O2. The van der Waals surface area contributed by atoms with Gasteiger partial charge in [0.2, 0.25) is 0 Å². The van der Waals surface area contributed by atoms with Crippen molar-refractivity contribution < 1.29 is 9.53 Å². The Hall–Kier alpha value is -2.01. The summed E-state index contributed by atoms with van der Waals surface area (Å²) in [5.41, 5.74) is 0.852. The molecule has 0 aliphatic carbocycles. The second kappa shape index (κ2) is 6.40. The van der Waals surface area contributed by atoms with Gasteiger partial charge in [0, 0.05) is 6.20 Å². The summed E-state index contributed by atoms with van der Waals surface area (Å²) < 4.78 is 7.25. The molecule has 0 saturated carbocycles. The third kappa shape index (κ3) is 3.60. The molecule has 0 saturated heterocycles. The molecule has 2 rings (SSSR count). The van der Waals surface area contributed by atoms with Crippen LogP contribution < -0.4 is 10.1 Å². The fourth-order valence-electron chi connectivity index (χ4n) is 1.90. The Labute approximate surface area is 135 Å². The molecule has 0 aliphatic rings. The van der Waals surface area contributed by atoms with Crippen molar-refractivity contribution in [1.29, 1.82) is 0 Å². The lowest BCUT2D eigenvalue weighted by atomic mass is 10.1. The highest BCUT2D eigenvalue weighted by Gasteiger charge is 2.18. The van der Waals surface area contributed by atoms with E-state index in [2.05, 4.69) is 10.4 Å². The normalized spacial score (nSPS) is 11.3. The maximum absolute atomic E-state index is 12.4. The third-order valence-electron chi connectivity index (χ3n) is 3.04. The highest BCUT2D eigenvalue weighted by atomic mass is 35.5. The first kappa shape index (κ1) is 16.4. The number of nitrogens with zero attached hydrogens (tertiary/aromatic N) is 2. The van der Waals surface area contributed by atoms with Crippen molar-refractivity contribution in [2.75, 3.05) is 11.9 Å². The van der Waals surface area contributed by atoms with Crippen LogP contribution in [0.4, 0.5) is 5.69 Å². The van der Waals surface area contributed by atoms with Gasteiger partial charge in [-0.1, -0.05) is 17.7 Å². The van der Waals surface area contributed by atoms with Crippen molar-refractivity contribution in [2.24, 2.45) is 0 Å². The smallest absolute Gasteiger partial charge is 0.258 e. The van der Waals surface area contributed by atoms with Gasteiger partial charge < -0.3 is 10.1 Å². The number of anilines is 1. The van der Waals surface area contributed by atoms with Crippen molar-refractivity contribution in [3.05, 3.63) is 41.2 Å². The molecule has 0 spiro atoms. The topological polar surface area (TPSA) is 56.1 Å². The fourth-order valence-corrected chi connectivity index (χ4v) is 2.13. The zero-order valence-electron chi connectivity index (χ0n) is 13.2. The molecule has 0 radical (unpaired) electrons. The van der Waals surface area contributed by atoms with Gasteiger partial charge in [-0.05, 0) is 39.8 Å². The van der Waals surface area contributed by atoms with Gasteiger partial charge in [0.25, 0.3) is 5.91 Å². The van der Waals surface area contributed by atoms with E-state index < -0.39 is 0 Å². The minimum absolute atomic E-state index is 0.176. The third-order valence-corrected chi connectivity index (χ3v) is 3.33. The highest BCUT2D eigenvalue weighted by Crippen LogP contribution is 2.33. The molecule has 1 N–H and O–H groups in total. The van der Waals surface area contributed by atoms with E-state index in [0.717, 1.165) is 0 Å². The van der Waals surface area contributed by atoms with E-state index in [0.29, 0.717) is 28.6 Å². The second-order valence-electron chi connectivity index (χ2n) is 5.85. The molecule has 5 nitrogen and oxygen atoms in total. The Morgan fingerprint density at radius 1 is 1.41 bits per heavy atom. The predicted octanol–water partition coefficient (Wildman–Crippen LogP) is 3.94. The summed E-state index contributed by atoms with van der Waals surface area (Å²) in [6, 6.07) is 5.24. The van der Waals surface area contributed by atoms with Crippen LogP contribution in [-0.4, -0.2) is 22.3 Å². The number of carbonyl (C=O) groups excluding carboxylic acids is 1. The standard InChI is InChI=1S/C16H20ClN3O2/c1-5-22-14-12(17)7-6-8-13(14)19-15(21)11-9-18-20(10-11)16(2,3)4/h6-10H,5H2,1-4H3,(H,19,21). The molecule has 0 bridgehead atoms. The minimum Gasteiger partial charge on any atom is -0.490 e. The fraction of sp³-hybridized carbons (Fsp3) is 0.375. The zero-order valence-corrected chi connectivity index (χ0v) is 13.9. The number of rotatable bonds is 4. The van der Waals surface area contributed by atoms with E-state index in [9.17, 15) is 4.79 Å². The molecule has 6 heteroatoms. The summed E-state index contributed by atoms with van der Waals surface area (Å²) in [6.45, 7) is 8.39. The number of para-hydroxylation sites is 1. The number of hydrogen-bond acceptors (Lipinski definition) is 3. The van der Waals surface area contributed by atoms with Crippen LogP contribution in [0.1, 0.15) is 38.1 Å². The van der Waals surface area contributed by atoms with E-state index in [4.69, 9.17) is 16.3 Å². The first-order valence-electron chi connectivity index (χ1n) is 7.10. The Kier molecular flexibility index (Phi) is 4.76. The average Bonchev–Trinajstić information content (AvgIpc) is 2.92. The van der Waals surface area contributed by atoms with Crippen LogP contribution in [-0.2, 0) is 5.54 Å². The maximum atomic E-state index is 12.4.